The van der Waals surface area contributed by atoms with Gasteiger partial charge in [0.1, 0.15) is 5.65 Å². The van der Waals surface area contributed by atoms with Crippen molar-refractivity contribution in [1.82, 2.24) is 9.55 Å². The van der Waals surface area contributed by atoms with Crippen LogP contribution in [0.15, 0.2) is 54.9 Å². The maximum Gasteiger partial charge on any atom is 0.257 e. The minimum atomic E-state index is -0.110. The predicted molar refractivity (Wildman–Crippen MR) is 79.8 cm³/mol. The second-order valence-electron chi connectivity index (χ2n) is 4.52. The molecular formula is C16H15N3O. The van der Waals surface area contributed by atoms with Gasteiger partial charge in [0.2, 0.25) is 0 Å². The molecule has 2 aromatic heterocycles. The quantitative estimate of drug-likeness (QED) is 0.789. The molecule has 0 spiro atoms. The van der Waals surface area contributed by atoms with E-state index in [-0.39, 0.29) is 5.91 Å². The highest BCUT2D eigenvalue weighted by Gasteiger charge is 2.15. The Morgan fingerprint density at radius 2 is 2.00 bits per heavy atom. The second-order valence-corrected chi connectivity index (χ2v) is 4.52. The molecule has 1 N–H and O–H groups in total. The first-order chi connectivity index (χ1) is 9.79. The monoisotopic (exact) mass is 265 g/mol. The topological polar surface area (TPSA) is 46.9 Å². The van der Waals surface area contributed by atoms with Gasteiger partial charge in [0, 0.05) is 30.0 Å². The van der Waals surface area contributed by atoms with Gasteiger partial charge in [-0.05, 0) is 31.2 Å². The summed E-state index contributed by atoms with van der Waals surface area (Å²) in [5, 5.41) is 3.79. The fourth-order valence-electron chi connectivity index (χ4n) is 2.26. The van der Waals surface area contributed by atoms with Gasteiger partial charge in [0.05, 0.1) is 5.56 Å². The second kappa shape index (κ2) is 5.17. The Balaban J connectivity index is 2.00. The first kappa shape index (κ1) is 12.4. The predicted octanol–water partition coefficient (Wildman–Crippen LogP) is 3.31. The van der Waals surface area contributed by atoms with Crippen molar-refractivity contribution in [3.63, 3.8) is 0 Å². The summed E-state index contributed by atoms with van der Waals surface area (Å²) in [6, 6.07) is 13.2. The van der Waals surface area contributed by atoms with Crippen LogP contribution in [0.5, 0.6) is 0 Å². The average Bonchev–Trinajstić information content (AvgIpc) is 2.87. The van der Waals surface area contributed by atoms with Crippen LogP contribution in [0.2, 0.25) is 0 Å². The van der Waals surface area contributed by atoms with Crippen molar-refractivity contribution >= 4 is 22.6 Å². The third kappa shape index (κ3) is 2.16. The Bertz CT molecular complexity index is 747. The fourth-order valence-corrected chi connectivity index (χ4v) is 2.26. The van der Waals surface area contributed by atoms with Crippen molar-refractivity contribution in [2.75, 3.05) is 5.32 Å². The highest BCUT2D eigenvalue weighted by Crippen LogP contribution is 2.20. The van der Waals surface area contributed by atoms with E-state index in [1.165, 1.54) is 0 Å². The molecular weight excluding hydrogens is 250 g/mol. The van der Waals surface area contributed by atoms with Crippen LogP contribution in [0, 0.1) is 0 Å². The number of pyridine rings is 1. The Kier molecular flexibility index (Phi) is 3.21. The molecule has 0 saturated heterocycles. The lowest BCUT2D eigenvalue weighted by Crippen LogP contribution is -2.11. The summed E-state index contributed by atoms with van der Waals surface area (Å²) in [4.78, 5) is 16.8. The minimum absolute atomic E-state index is 0.110. The molecule has 1 amide bonds. The van der Waals surface area contributed by atoms with E-state index in [2.05, 4.69) is 10.3 Å². The standard InChI is InChI=1S/C16H15N3O/c1-2-19-11-14(13-9-6-10-17-15(13)19)16(20)18-12-7-4-3-5-8-12/h3-11H,2H2,1H3,(H,18,20). The van der Waals surface area contributed by atoms with Crippen LogP contribution >= 0.6 is 0 Å². The SMILES string of the molecule is CCn1cc(C(=O)Nc2ccccc2)c2cccnc21. The molecule has 0 saturated carbocycles. The third-order valence-electron chi connectivity index (χ3n) is 3.25. The lowest BCUT2D eigenvalue weighted by atomic mass is 10.2. The van der Waals surface area contributed by atoms with Gasteiger partial charge in [-0.15, -0.1) is 0 Å². The summed E-state index contributed by atoms with van der Waals surface area (Å²) < 4.78 is 1.98. The molecule has 0 aliphatic rings. The fraction of sp³-hybridized carbons (Fsp3) is 0.125. The summed E-state index contributed by atoms with van der Waals surface area (Å²) in [6.07, 6.45) is 3.60. The molecule has 3 aromatic rings. The van der Waals surface area contributed by atoms with Gasteiger partial charge in [-0.1, -0.05) is 18.2 Å². The Hall–Kier alpha value is -2.62. The number of aryl methyl sites for hydroxylation is 1. The molecule has 0 aliphatic carbocycles. The number of aromatic nitrogens is 2. The smallest absolute Gasteiger partial charge is 0.257 e. The molecule has 4 nitrogen and oxygen atoms in total. The van der Waals surface area contributed by atoms with E-state index in [4.69, 9.17) is 0 Å². The lowest BCUT2D eigenvalue weighted by Gasteiger charge is -2.03. The number of para-hydroxylation sites is 1. The summed E-state index contributed by atoms with van der Waals surface area (Å²) >= 11 is 0. The van der Waals surface area contributed by atoms with E-state index in [0.717, 1.165) is 23.3 Å². The zero-order chi connectivity index (χ0) is 13.9. The van der Waals surface area contributed by atoms with Crippen molar-refractivity contribution in [2.24, 2.45) is 0 Å². The molecule has 0 aliphatic heterocycles. The van der Waals surface area contributed by atoms with Crippen molar-refractivity contribution in [1.29, 1.82) is 0 Å². The van der Waals surface area contributed by atoms with Gasteiger partial charge in [-0.25, -0.2) is 4.98 Å². The third-order valence-corrected chi connectivity index (χ3v) is 3.25. The number of rotatable bonds is 3. The first-order valence-electron chi connectivity index (χ1n) is 6.60. The van der Waals surface area contributed by atoms with E-state index >= 15 is 0 Å². The molecule has 100 valence electrons. The molecule has 0 radical (unpaired) electrons. The van der Waals surface area contributed by atoms with Crippen molar-refractivity contribution in [3.8, 4) is 0 Å². The zero-order valence-electron chi connectivity index (χ0n) is 11.2. The van der Waals surface area contributed by atoms with Crippen LogP contribution in [0.3, 0.4) is 0 Å². The number of anilines is 1. The Labute approximate surface area is 117 Å². The molecule has 0 atom stereocenters. The number of hydrogen-bond donors (Lipinski definition) is 1. The molecule has 2 heterocycles. The Morgan fingerprint density at radius 3 is 2.75 bits per heavy atom. The van der Waals surface area contributed by atoms with E-state index < -0.39 is 0 Å². The maximum atomic E-state index is 12.4. The van der Waals surface area contributed by atoms with Gasteiger partial charge < -0.3 is 9.88 Å². The zero-order valence-corrected chi connectivity index (χ0v) is 11.2. The van der Waals surface area contributed by atoms with Gasteiger partial charge in [0.15, 0.2) is 0 Å². The van der Waals surface area contributed by atoms with E-state index in [1.54, 1.807) is 6.20 Å². The minimum Gasteiger partial charge on any atom is -0.332 e. The summed E-state index contributed by atoms with van der Waals surface area (Å²) in [7, 11) is 0. The van der Waals surface area contributed by atoms with Gasteiger partial charge in [-0.2, -0.15) is 0 Å². The van der Waals surface area contributed by atoms with Crippen LogP contribution in [-0.2, 0) is 6.54 Å². The number of hydrogen-bond acceptors (Lipinski definition) is 2. The average molecular weight is 265 g/mol. The highest BCUT2D eigenvalue weighted by molar-refractivity contribution is 6.12. The van der Waals surface area contributed by atoms with Gasteiger partial charge in [-0.3, -0.25) is 4.79 Å². The molecule has 0 bridgehead atoms. The van der Waals surface area contributed by atoms with Crippen molar-refractivity contribution in [3.05, 3.63) is 60.4 Å². The van der Waals surface area contributed by atoms with Crippen LogP contribution in [0.1, 0.15) is 17.3 Å². The molecule has 3 rings (SSSR count). The molecule has 20 heavy (non-hydrogen) atoms. The molecule has 4 heteroatoms. The number of carbonyl (C=O) groups excluding carboxylic acids is 1. The van der Waals surface area contributed by atoms with E-state index in [1.807, 2.05) is 60.2 Å². The highest BCUT2D eigenvalue weighted by atomic mass is 16.1. The van der Waals surface area contributed by atoms with Crippen LogP contribution < -0.4 is 5.32 Å². The number of amides is 1. The lowest BCUT2D eigenvalue weighted by molar-refractivity contribution is 0.102. The first-order valence-corrected chi connectivity index (χ1v) is 6.60. The van der Waals surface area contributed by atoms with E-state index in [0.29, 0.717) is 5.56 Å². The summed E-state index contributed by atoms with van der Waals surface area (Å²) in [5.41, 5.74) is 2.28. The van der Waals surface area contributed by atoms with E-state index in [9.17, 15) is 4.79 Å². The number of benzene rings is 1. The van der Waals surface area contributed by atoms with Crippen molar-refractivity contribution in [2.45, 2.75) is 13.5 Å². The normalized spacial score (nSPS) is 10.7. The summed E-state index contributed by atoms with van der Waals surface area (Å²) in [5.74, 6) is -0.110. The Morgan fingerprint density at radius 1 is 1.20 bits per heavy atom. The maximum absolute atomic E-state index is 12.4. The summed E-state index contributed by atoms with van der Waals surface area (Å²) in [6.45, 7) is 2.82. The number of nitrogens with one attached hydrogen (secondary N) is 1. The van der Waals surface area contributed by atoms with Crippen LogP contribution in [-0.4, -0.2) is 15.5 Å². The van der Waals surface area contributed by atoms with Crippen LogP contribution in [0.4, 0.5) is 5.69 Å². The van der Waals surface area contributed by atoms with Gasteiger partial charge >= 0.3 is 0 Å². The largest absolute Gasteiger partial charge is 0.332 e. The number of carbonyl (C=O) groups is 1. The molecule has 1 aromatic carbocycles. The molecule has 0 fully saturated rings. The van der Waals surface area contributed by atoms with Crippen LogP contribution in [0.25, 0.3) is 11.0 Å². The van der Waals surface area contributed by atoms with Crippen molar-refractivity contribution < 1.29 is 4.79 Å². The number of fused-ring (bicyclic) bond motifs is 1. The van der Waals surface area contributed by atoms with Gasteiger partial charge in [0.25, 0.3) is 5.91 Å². The number of nitrogens with zero attached hydrogens (tertiary/aromatic N) is 2. The molecule has 0 unspecified atom stereocenters.